The van der Waals surface area contributed by atoms with E-state index in [0.29, 0.717) is 6.42 Å². The van der Waals surface area contributed by atoms with Crippen LogP contribution in [0.2, 0.25) is 0 Å². The van der Waals surface area contributed by atoms with Crippen LogP contribution in [0, 0.1) is 0 Å². The van der Waals surface area contributed by atoms with Gasteiger partial charge in [0.2, 0.25) is 15.9 Å². The first-order valence-electron chi connectivity index (χ1n) is 9.82. The van der Waals surface area contributed by atoms with E-state index in [1.54, 1.807) is 0 Å². The zero-order chi connectivity index (χ0) is 21.4. The Balaban J connectivity index is 1.73. The van der Waals surface area contributed by atoms with Crippen LogP contribution in [0.3, 0.4) is 0 Å². The van der Waals surface area contributed by atoms with Crippen LogP contribution >= 0.6 is 0 Å². The maximum absolute atomic E-state index is 12.9. The average Bonchev–Trinajstić information content (AvgIpc) is 2.76. The third kappa shape index (κ3) is 6.27. The second-order valence-electron chi connectivity index (χ2n) is 7.15. The minimum absolute atomic E-state index is 0.220. The third-order valence-corrected chi connectivity index (χ3v) is 6.10. The molecule has 3 aromatic rings. The molecule has 0 unspecified atom stereocenters. The van der Waals surface area contributed by atoms with E-state index in [2.05, 4.69) is 5.32 Å². The highest BCUT2D eigenvalue weighted by atomic mass is 32.2. The summed E-state index contributed by atoms with van der Waals surface area (Å²) in [5.41, 5.74) is 2.90. The van der Waals surface area contributed by atoms with Crippen molar-refractivity contribution in [3.05, 3.63) is 108 Å². The molecule has 0 saturated heterocycles. The summed E-state index contributed by atoms with van der Waals surface area (Å²) >= 11 is 0. The summed E-state index contributed by atoms with van der Waals surface area (Å²) in [6.07, 6.45) is 1.68. The number of benzene rings is 3. The van der Waals surface area contributed by atoms with Crippen molar-refractivity contribution in [3.63, 3.8) is 0 Å². The lowest BCUT2D eigenvalue weighted by Gasteiger charge is -2.23. The van der Waals surface area contributed by atoms with E-state index in [-0.39, 0.29) is 25.0 Å². The van der Waals surface area contributed by atoms with Crippen LogP contribution in [0.1, 0.15) is 22.7 Å². The van der Waals surface area contributed by atoms with Crippen molar-refractivity contribution in [3.8, 4) is 0 Å². The molecule has 6 heteroatoms. The van der Waals surface area contributed by atoms with Gasteiger partial charge in [0.1, 0.15) is 0 Å². The molecular formula is C24H26N2O3S. The maximum Gasteiger partial charge on any atom is 0.236 e. The molecule has 5 nitrogen and oxygen atoms in total. The predicted molar refractivity (Wildman–Crippen MR) is 119 cm³/mol. The van der Waals surface area contributed by atoms with Gasteiger partial charge in [-0.1, -0.05) is 91.0 Å². The summed E-state index contributed by atoms with van der Waals surface area (Å²) in [6.45, 7) is 0.0272. The SMILES string of the molecule is CS(=O)(=O)N(CCc1ccccc1)CC(=O)NC(c1ccccc1)c1ccccc1. The molecule has 156 valence electrons. The highest BCUT2D eigenvalue weighted by Crippen LogP contribution is 2.21. The number of carbonyl (C=O) groups is 1. The Morgan fingerprint density at radius 1 is 0.833 bits per heavy atom. The molecule has 30 heavy (non-hydrogen) atoms. The van der Waals surface area contributed by atoms with Crippen LogP contribution in [0.25, 0.3) is 0 Å². The highest BCUT2D eigenvalue weighted by molar-refractivity contribution is 7.88. The zero-order valence-corrected chi connectivity index (χ0v) is 17.8. The normalized spacial score (nSPS) is 11.6. The Bertz CT molecular complexity index is 1000. The summed E-state index contributed by atoms with van der Waals surface area (Å²) in [6, 6.07) is 28.6. The van der Waals surface area contributed by atoms with E-state index in [0.717, 1.165) is 22.9 Å². The monoisotopic (exact) mass is 422 g/mol. The van der Waals surface area contributed by atoms with Gasteiger partial charge in [-0.2, -0.15) is 4.31 Å². The summed E-state index contributed by atoms with van der Waals surface area (Å²) < 4.78 is 25.7. The molecule has 3 aromatic carbocycles. The number of nitrogens with zero attached hydrogens (tertiary/aromatic N) is 1. The van der Waals surface area contributed by atoms with Crippen molar-refractivity contribution in [2.24, 2.45) is 0 Å². The fourth-order valence-corrected chi connectivity index (χ4v) is 4.05. The fourth-order valence-electron chi connectivity index (χ4n) is 3.28. The van der Waals surface area contributed by atoms with Crippen molar-refractivity contribution in [1.29, 1.82) is 0 Å². The minimum Gasteiger partial charge on any atom is -0.344 e. The third-order valence-electron chi connectivity index (χ3n) is 4.85. The lowest BCUT2D eigenvalue weighted by molar-refractivity contribution is -0.121. The molecule has 0 bridgehead atoms. The number of amides is 1. The van der Waals surface area contributed by atoms with Gasteiger partial charge in [-0.05, 0) is 23.1 Å². The summed E-state index contributed by atoms with van der Waals surface area (Å²) in [5.74, 6) is -0.341. The molecule has 1 amide bonds. The van der Waals surface area contributed by atoms with E-state index in [1.165, 1.54) is 4.31 Å². The number of carbonyl (C=O) groups excluding carboxylic acids is 1. The Morgan fingerprint density at radius 2 is 1.30 bits per heavy atom. The standard InChI is InChI=1S/C24H26N2O3S/c1-30(28,29)26(18-17-20-11-5-2-6-12-20)19-23(27)25-24(21-13-7-3-8-14-21)22-15-9-4-10-16-22/h2-16,24H,17-19H2,1H3,(H,25,27). The summed E-state index contributed by atoms with van der Waals surface area (Å²) in [4.78, 5) is 12.9. The molecule has 0 radical (unpaired) electrons. The number of rotatable bonds is 9. The van der Waals surface area contributed by atoms with Gasteiger partial charge in [-0.15, -0.1) is 0 Å². The van der Waals surface area contributed by atoms with Crippen molar-refractivity contribution >= 4 is 15.9 Å². The Kier molecular flexibility index (Phi) is 7.38. The molecule has 3 rings (SSSR count). The molecule has 0 aromatic heterocycles. The van der Waals surface area contributed by atoms with Gasteiger partial charge < -0.3 is 5.32 Å². The van der Waals surface area contributed by atoms with E-state index < -0.39 is 10.0 Å². The molecule has 1 N–H and O–H groups in total. The lowest BCUT2D eigenvalue weighted by Crippen LogP contribution is -2.42. The molecule has 0 saturated carbocycles. The smallest absolute Gasteiger partial charge is 0.236 e. The van der Waals surface area contributed by atoms with Gasteiger partial charge >= 0.3 is 0 Å². The summed E-state index contributed by atoms with van der Waals surface area (Å²) in [5, 5.41) is 3.01. The first kappa shape index (κ1) is 21.7. The van der Waals surface area contributed by atoms with Crippen LogP contribution in [0.5, 0.6) is 0 Å². The minimum atomic E-state index is -3.52. The second kappa shape index (κ2) is 10.2. The van der Waals surface area contributed by atoms with Gasteiger partial charge in [0.05, 0.1) is 18.8 Å². The van der Waals surface area contributed by atoms with E-state index in [9.17, 15) is 13.2 Å². The number of hydrogen-bond acceptors (Lipinski definition) is 3. The van der Waals surface area contributed by atoms with E-state index >= 15 is 0 Å². The van der Waals surface area contributed by atoms with E-state index in [1.807, 2.05) is 91.0 Å². The molecular weight excluding hydrogens is 396 g/mol. The van der Waals surface area contributed by atoms with Gasteiger partial charge in [0, 0.05) is 6.54 Å². The average molecular weight is 423 g/mol. The van der Waals surface area contributed by atoms with Crippen molar-refractivity contribution in [2.45, 2.75) is 12.5 Å². The fraction of sp³-hybridized carbons (Fsp3) is 0.208. The van der Waals surface area contributed by atoms with Crippen LogP contribution in [-0.2, 0) is 21.2 Å². The summed E-state index contributed by atoms with van der Waals surface area (Å²) in [7, 11) is -3.52. The van der Waals surface area contributed by atoms with Crippen molar-refractivity contribution in [1.82, 2.24) is 9.62 Å². The molecule has 0 aliphatic rings. The van der Waals surface area contributed by atoms with E-state index in [4.69, 9.17) is 0 Å². The predicted octanol–water partition coefficient (Wildman–Crippen LogP) is 3.40. The topological polar surface area (TPSA) is 66.5 Å². The van der Waals surface area contributed by atoms with Crippen molar-refractivity contribution < 1.29 is 13.2 Å². The molecule has 0 atom stereocenters. The lowest BCUT2D eigenvalue weighted by atomic mass is 9.99. The van der Waals surface area contributed by atoms with Crippen LogP contribution in [-0.4, -0.2) is 38.0 Å². The van der Waals surface area contributed by atoms with Gasteiger partial charge in [0.25, 0.3) is 0 Å². The largest absolute Gasteiger partial charge is 0.344 e. The zero-order valence-electron chi connectivity index (χ0n) is 16.9. The first-order valence-corrected chi connectivity index (χ1v) is 11.7. The van der Waals surface area contributed by atoms with Gasteiger partial charge in [-0.25, -0.2) is 8.42 Å². The van der Waals surface area contributed by atoms with Gasteiger partial charge in [0.15, 0.2) is 0 Å². The number of sulfonamides is 1. The van der Waals surface area contributed by atoms with Crippen molar-refractivity contribution in [2.75, 3.05) is 19.3 Å². The Labute approximate surface area is 178 Å². The van der Waals surface area contributed by atoms with Gasteiger partial charge in [-0.3, -0.25) is 4.79 Å². The van der Waals surface area contributed by atoms with Crippen LogP contribution < -0.4 is 5.32 Å². The number of hydrogen-bond donors (Lipinski definition) is 1. The molecule has 0 aliphatic heterocycles. The quantitative estimate of drug-likeness (QED) is 0.575. The molecule has 0 aliphatic carbocycles. The molecule has 0 heterocycles. The Hall–Kier alpha value is -2.96. The highest BCUT2D eigenvalue weighted by Gasteiger charge is 2.23. The molecule has 0 spiro atoms. The maximum atomic E-state index is 12.9. The Morgan fingerprint density at radius 3 is 1.77 bits per heavy atom. The second-order valence-corrected chi connectivity index (χ2v) is 9.14. The molecule has 0 fully saturated rings. The first-order chi connectivity index (χ1) is 14.4. The van der Waals surface area contributed by atoms with Crippen LogP contribution in [0.15, 0.2) is 91.0 Å². The number of nitrogens with one attached hydrogen (secondary N) is 1. The van der Waals surface area contributed by atoms with Crippen LogP contribution in [0.4, 0.5) is 0 Å².